The van der Waals surface area contributed by atoms with Gasteiger partial charge in [-0.25, -0.2) is 0 Å². The first-order valence-electron chi connectivity index (χ1n) is 9.50. The molecule has 4 aliphatic carbocycles. The average molecular weight is 288 g/mol. The first-order valence-corrected chi connectivity index (χ1v) is 9.50. The van der Waals surface area contributed by atoms with Crippen LogP contribution in [0, 0.1) is 29.1 Å². The molecule has 0 aromatic rings. The Balaban J connectivity index is 1.65. The predicted octanol–water partition coefficient (Wildman–Crippen LogP) is 5.09. The zero-order valence-electron chi connectivity index (χ0n) is 13.9. The van der Waals surface area contributed by atoms with Gasteiger partial charge in [-0.05, 0) is 86.9 Å². The van der Waals surface area contributed by atoms with Crippen LogP contribution in [0.3, 0.4) is 0 Å². The highest BCUT2D eigenvalue weighted by molar-refractivity contribution is 5.20. The van der Waals surface area contributed by atoms with Gasteiger partial charge in [-0.2, -0.15) is 0 Å². The average Bonchev–Trinajstić information content (AvgIpc) is 2.79. The fourth-order valence-electron chi connectivity index (χ4n) is 6.94. The zero-order chi connectivity index (χ0) is 14.7. The van der Waals surface area contributed by atoms with Gasteiger partial charge in [0.2, 0.25) is 0 Å². The van der Waals surface area contributed by atoms with Gasteiger partial charge in [-0.3, -0.25) is 0 Å². The minimum atomic E-state index is -0.376. The lowest BCUT2D eigenvalue weighted by atomic mass is 9.51. The first kappa shape index (κ1) is 14.3. The third-order valence-corrected chi connectivity index (χ3v) is 8.27. The lowest BCUT2D eigenvalue weighted by Gasteiger charge is -2.55. The molecule has 1 N–H and O–H groups in total. The van der Waals surface area contributed by atoms with Crippen molar-refractivity contribution in [3.8, 4) is 0 Å². The van der Waals surface area contributed by atoms with E-state index in [1.807, 2.05) is 5.57 Å². The molecule has 0 saturated heterocycles. The molecular formula is C20H32O. The summed E-state index contributed by atoms with van der Waals surface area (Å²) in [5, 5.41) is 11.2. The van der Waals surface area contributed by atoms with Gasteiger partial charge in [0.05, 0.1) is 5.60 Å². The topological polar surface area (TPSA) is 20.2 Å². The Morgan fingerprint density at radius 3 is 2.81 bits per heavy atom. The Morgan fingerprint density at radius 1 is 1.14 bits per heavy atom. The lowest BCUT2D eigenvalue weighted by Crippen LogP contribution is -2.52. The van der Waals surface area contributed by atoms with E-state index in [2.05, 4.69) is 19.9 Å². The van der Waals surface area contributed by atoms with Gasteiger partial charge in [0.25, 0.3) is 0 Å². The molecule has 0 aliphatic heterocycles. The minimum Gasteiger partial charge on any atom is -0.389 e. The van der Waals surface area contributed by atoms with Crippen LogP contribution in [0.2, 0.25) is 0 Å². The summed E-state index contributed by atoms with van der Waals surface area (Å²) in [6, 6.07) is 0. The van der Waals surface area contributed by atoms with Gasteiger partial charge in [0.15, 0.2) is 0 Å². The molecule has 1 nitrogen and oxygen atoms in total. The third kappa shape index (κ3) is 1.85. The third-order valence-electron chi connectivity index (χ3n) is 8.27. The molecule has 118 valence electrons. The quantitative estimate of drug-likeness (QED) is 0.666. The van der Waals surface area contributed by atoms with Gasteiger partial charge in [0.1, 0.15) is 0 Å². The van der Waals surface area contributed by atoms with E-state index < -0.39 is 0 Å². The molecule has 4 aliphatic rings. The smallest absolute Gasteiger partial charge is 0.0701 e. The van der Waals surface area contributed by atoms with Crippen LogP contribution < -0.4 is 0 Å². The molecule has 0 amide bonds. The van der Waals surface area contributed by atoms with Gasteiger partial charge >= 0.3 is 0 Å². The molecule has 0 aromatic heterocycles. The lowest BCUT2D eigenvalue weighted by molar-refractivity contribution is -0.116. The summed E-state index contributed by atoms with van der Waals surface area (Å²) in [4.78, 5) is 0. The summed E-state index contributed by atoms with van der Waals surface area (Å²) in [6.07, 6.45) is 15.6. The summed E-state index contributed by atoms with van der Waals surface area (Å²) < 4.78 is 0. The second-order valence-corrected chi connectivity index (χ2v) is 8.68. The van der Waals surface area contributed by atoms with E-state index in [0.717, 1.165) is 36.5 Å². The summed E-state index contributed by atoms with van der Waals surface area (Å²) in [5.74, 6) is 3.51. The molecular weight excluding hydrogens is 256 g/mol. The van der Waals surface area contributed by atoms with Crippen molar-refractivity contribution in [1.82, 2.24) is 0 Å². The van der Waals surface area contributed by atoms with Crippen molar-refractivity contribution in [2.45, 2.75) is 83.7 Å². The SMILES string of the molecule is CC[C@]1(O)CC[C@H]2C3CC=C4CCCCC4[C@H]3CCC21C. The van der Waals surface area contributed by atoms with Crippen LogP contribution in [0.4, 0.5) is 0 Å². The predicted molar refractivity (Wildman–Crippen MR) is 86.9 cm³/mol. The molecule has 3 saturated carbocycles. The number of hydrogen-bond donors (Lipinski definition) is 1. The Morgan fingerprint density at radius 2 is 2.00 bits per heavy atom. The second-order valence-electron chi connectivity index (χ2n) is 8.68. The molecule has 0 radical (unpaired) electrons. The van der Waals surface area contributed by atoms with Crippen LogP contribution in [0.1, 0.15) is 78.1 Å². The molecule has 3 fully saturated rings. The summed E-state index contributed by atoms with van der Waals surface area (Å²) >= 11 is 0. The molecule has 0 aromatic carbocycles. The Hall–Kier alpha value is -0.300. The van der Waals surface area contributed by atoms with Crippen LogP contribution in [0.25, 0.3) is 0 Å². The monoisotopic (exact) mass is 288 g/mol. The largest absolute Gasteiger partial charge is 0.389 e. The number of rotatable bonds is 1. The molecule has 4 rings (SSSR count). The van der Waals surface area contributed by atoms with Crippen molar-refractivity contribution >= 4 is 0 Å². The molecule has 0 spiro atoms. The van der Waals surface area contributed by atoms with Crippen molar-refractivity contribution in [2.75, 3.05) is 0 Å². The normalized spacial score (nSPS) is 52.6. The van der Waals surface area contributed by atoms with Gasteiger partial charge in [0, 0.05) is 0 Å². The highest BCUT2D eigenvalue weighted by Crippen LogP contribution is 2.65. The highest BCUT2D eigenvalue weighted by Gasteiger charge is 2.61. The molecule has 0 bridgehead atoms. The maximum absolute atomic E-state index is 11.2. The number of fused-ring (bicyclic) bond motifs is 5. The molecule has 6 atom stereocenters. The molecule has 0 heterocycles. The van der Waals surface area contributed by atoms with Crippen molar-refractivity contribution in [1.29, 1.82) is 0 Å². The molecule has 1 heteroatoms. The second kappa shape index (κ2) is 4.85. The van der Waals surface area contributed by atoms with E-state index >= 15 is 0 Å². The zero-order valence-corrected chi connectivity index (χ0v) is 13.9. The Bertz CT molecular complexity index is 453. The van der Waals surface area contributed by atoms with Crippen LogP contribution in [-0.4, -0.2) is 10.7 Å². The molecule has 21 heavy (non-hydrogen) atoms. The van der Waals surface area contributed by atoms with Gasteiger partial charge in [-0.15, -0.1) is 0 Å². The summed E-state index contributed by atoms with van der Waals surface area (Å²) in [7, 11) is 0. The van der Waals surface area contributed by atoms with Crippen LogP contribution in [0.5, 0.6) is 0 Å². The van der Waals surface area contributed by atoms with Gasteiger partial charge < -0.3 is 5.11 Å². The van der Waals surface area contributed by atoms with Crippen molar-refractivity contribution in [3.63, 3.8) is 0 Å². The van der Waals surface area contributed by atoms with Crippen molar-refractivity contribution < 1.29 is 5.11 Å². The van der Waals surface area contributed by atoms with E-state index in [-0.39, 0.29) is 11.0 Å². The fraction of sp³-hybridized carbons (Fsp3) is 0.900. The fourth-order valence-corrected chi connectivity index (χ4v) is 6.94. The van der Waals surface area contributed by atoms with E-state index in [1.165, 1.54) is 51.4 Å². The number of hydrogen-bond acceptors (Lipinski definition) is 1. The maximum atomic E-state index is 11.2. The van der Waals surface area contributed by atoms with Crippen LogP contribution >= 0.6 is 0 Å². The van der Waals surface area contributed by atoms with Crippen LogP contribution in [-0.2, 0) is 0 Å². The number of aliphatic hydroxyl groups is 1. The Labute approximate surface area is 130 Å². The highest BCUT2D eigenvalue weighted by atomic mass is 16.3. The maximum Gasteiger partial charge on any atom is 0.0701 e. The number of allylic oxidation sites excluding steroid dienone is 2. The van der Waals surface area contributed by atoms with E-state index in [9.17, 15) is 5.11 Å². The van der Waals surface area contributed by atoms with E-state index in [4.69, 9.17) is 0 Å². The van der Waals surface area contributed by atoms with Gasteiger partial charge in [-0.1, -0.05) is 31.9 Å². The minimum absolute atomic E-state index is 0.197. The summed E-state index contributed by atoms with van der Waals surface area (Å²) in [6.45, 7) is 4.62. The van der Waals surface area contributed by atoms with E-state index in [0.29, 0.717) is 0 Å². The first-order chi connectivity index (χ1) is 10.1. The van der Waals surface area contributed by atoms with Crippen LogP contribution in [0.15, 0.2) is 11.6 Å². The standard InChI is InChI=1S/C20H32O/c1-3-20(21)13-11-18-17-9-8-14-6-4-5-7-15(14)16(17)10-12-19(18,20)2/h8,15-18,21H,3-7,9-13H2,1-2H3/t15?,16-,17?,18+,19?,20+/m1/s1. The molecule has 3 unspecified atom stereocenters. The summed E-state index contributed by atoms with van der Waals surface area (Å²) in [5.41, 5.74) is 1.64. The van der Waals surface area contributed by atoms with Crippen molar-refractivity contribution in [3.05, 3.63) is 11.6 Å². The Kier molecular flexibility index (Phi) is 3.30. The van der Waals surface area contributed by atoms with E-state index in [1.54, 1.807) is 0 Å². The van der Waals surface area contributed by atoms with Crippen molar-refractivity contribution in [2.24, 2.45) is 29.1 Å².